The van der Waals surface area contributed by atoms with Crippen LogP contribution in [0.4, 0.5) is 21.0 Å². The molecule has 13 nitrogen and oxygen atoms in total. The van der Waals surface area contributed by atoms with E-state index in [0.29, 0.717) is 72.7 Å². The Hall–Kier alpha value is -3.40. The van der Waals surface area contributed by atoms with Gasteiger partial charge in [-0.15, -0.1) is 0 Å². The number of halogens is 2. The van der Waals surface area contributed by atoms with Gasteiger partial charge in [-0.1, -0.05) is 25.1 Å². The maximum atomic E-state index is 14.2. The third-order valence-electron chi connectivity index (χ3n) is 11.2. The summed E-state index contributed by atoms with van der Waals surface area (Å²) in [5, 5.41) is 15.5. The molecule has 2 atom stereocenters. The normalized spacial score (nSPS) is 21.6. The number of para-hydroxylation sites is 1. The van der Waals surface area contributed by atoms with Gasteiger partial charge in [0.25, 0.3) is 0 Å². The number of carboxylic acids is 1. The molecule has 0 radical (unpaired) electrons. The number of rotatable bonds is 9. The molecule has 2 aromatic carbocycles. The largest absolute Gasteiger partial charge is 0.480 e. The van der Waals surface area contributed by atoms with E-state index in [-0.39, 0.29) is 36.6 Å². The second-order valence-electron chi connectivity index (χ2n) is 14.4. The highest BCUT2D eigenvalue weighted by atomic mass is 79.9. The molecule has 0 bridgehead atoms. The molecule has 52 heavy (non-hydrogen) atoms. The molecule has 3 fully saturated rings. The van der Waals surface area contributed by atoms with Crippen LogP contribution >= 0.6 is 31.9 Å². The van der Waals surface area contributed by atoms with Gasteiger partial charge in [0.2, 0.25) is 5.91 Å². The van der Waals surface area contributed by atoms with Crippen molar-refractivity contribution in [2.45, 2.75) is 76.0 Å². The fourth-order valence-corrected chi connectivity index (χ4v) is 9.52. The number of fused-ring (bicyclic) bond motifs is 1. The van der Waals surface area contributed by atoms with Crippen LogP contribution in [0.3, 0.4) is 0 Å². The van der Waals surface area contributed by atoms with Gasteiger partial charge in [-0.3, -0.25) is 19.4 Å². The summed E-state index contributed by atoms with van der Waals surface area (Å²) in [7, 11) is 0. The van der Waals surface area contributed by atoms with Crippen LogP contribution in [0.25, 0.3) is 0 Å². The lowest BCUT2D eigenvalue weighted by Gasteiger charge is -2.46. The van der Waals surface area contributed by atoms with Crippen LogP contribution in [0, 0.1) is 0 Å². The van der Waals surface area contributed by atoms with E-state index in [1.807, 2.05) is 46.2 Å². The molecular weight excluding hydrogens is 796 g/mol. The number of nitrogens with zero attached hydrogens (tertiary/aromatic N) is 5. The van der Waals surface area contributed by atoms with Crippen molar-refractivity contribution in [3.63, 3.8) is 0 Å². The molecule has 0 spiro atoms. The number of hydrogen-bond donors (Lipinski definition) is 4. The lowest BCUT2D eigenvalue weighted by Crippen LogP contribution is -2.60. The zero-order valence-corrected chi connectivity index (χ0v) is 32.9. The summed E-state index contributed by atoms with van der Waals surface area (Å²) in [6.07, 6.45) is 4.93. The highest BCUT2D eigenvalue weighted by molar-refractivity contribution is 9.11. The average Bonchev–Trinajstić information content (AvgIpc) is 3.31. The number of piperidine rings is 2. The van der Waals surface area contributed by atoms with Crippen molar-refractivity contribution in [1.29, 1.82) is 0 Å². The predicted molar refractivity (Wildman–Crippen MR) is 207 cm³/mol. The van der Waals surface area contributed by atoms with E-state index in [4.69, 9.17) is 5.73 Å². The molecule has 5 amide bonds. The molecule has 282 valence electrons. The molecule has 4 aliphatic heterocycles. The topological polar surface area (TPSA) is 155 Å². The molecule has 6 rings (SSSR count). The Morgan fingerprint density at radius 3 is 2.27 bits per heavy atom. The SMILES string of the molecule is CCC1CN(C2CCN(C(=O)[C@@H](Cc3cc(Br)c(N)c(Br)c3)NC(=O)N3CCC(N4CCc5ccccc5NC4=O)CC3)CC2)CCN1CC(=O)O. The molecule has 0 aliphatic carbocycles. The van der Waals surface area contributed by atoms with Gasteiger partial charge in [0.05, 0.1) is 12.2 Å². The zero-order chi connectivity index (χ0) is 36.9. The van der Waals surface area contributed by atoms with E-state index in [0.717, 1.165) is 62.1 Å². The van der Waals surface area contributed by atoms with Gasteiger partial charge in [0.1, 0.15) is 6.04 Å². The highest BCUT2D eigenvalue weighted by Crippen LogP contribution is 2.31. The number of nitrogens with one attached hydrogen (secondary N) is 2. The number of anilines is 2. The fourth-order valence-electron chi connectivity index (χ4n) is 8.24. The molecule has 5 N–H and O–H groups in total. The number of likely N-dealkylation sites (tertiary alicyclic amines) is 2. The molecule has 4 heterocycles. The van der Waals surface area contributed by atoms with E-state index in [9.17, 15) is 24.3 Å². The van der Waals surface area contributed by atoms with Gasteiger partial charge < -0.3 is 36.2 Å². The zero-order valence-electron chi connectivity index (χ0n) is 29.7. The van der Waals surface area contributed by atoms with Gasteiger partial charge in [-0.25, -0.2) is 9.59 Å². The summed E-state index contributed by atoms with van der Waals surface area (Å²) < 4.78 is 1.43. The first kappa shape index (κ1) is 38.3. The highest BCUT2D eigenvalue weighted by Gasteiger charge is 2.37. The third-order valence-corrected chi connectivity index (χ3v) is 12.6. The van der Waals surface area contributed by atoms with Crippen LogP contribution in [0.5, 0.6) is 0 Å². The second kappa shape index (κ2) is 17.2. The van der Waals surface area contributed by atoms with Gasteiger partial charge in [-0.2, -0.15) is 0 Å². The third kappa shape index (κ3) is 9.03. The monoisotopic (exact) mass is 844 g/mol. The Labute approximate surface area is 322 Å². The molecule has 0 aromatic heterocycles. The van der Waals surface area contributed by atoms with Crippen molar-refractivity contribution in [2.75, 3.05) is 70.0 Å². The molecule has 3 saturated heterocycles. The first-order valence-corrected chi connectivity index (χ1v) is 20.0. The number of urea groups is 2. The first-order chi connectivity index (χ1) is 25.0. The number of aliphatic carboxylic acids is 1. The first-order valence-electron chi connectivity index (χ1n) is 18.4. The van der Waals surface area contributed by atoms with Gasteiger partial charge in [0, 0.05) is 91.5 Å². The number of carbonyl (C=O) groups excluding carboxylic acids is 3. The quantitative estimate of drug-likeness (QED) is 0.271. The van der Waals surface area contributed by atoms with Crippen molar-refractivity contribution < 1.29 is 24.3 Å². The number of piperazine rings is 1. The molecule has 1 unspecified atom stereocenters. The van der Waals surface area contributed by atoms with Crippen molar-refractivity contribution >= 4 is 67.2 Å². The Kier molecular flexibility index (Phi) is 12.7. The van der Waals surface area contributed by atoms with E-state index >= 15 is 0 Å². The lowest BCUT2D eigenvalue weighted by molar-refractivity contribution is -0.139. The minimum Gasteiger partial charge on any atom is -0.480 e. The van der Waals surface area contributed by atoms with Gasteiger partial charge in [-0.05, 0) is 99.7 Å². The number of carboxylic acid groups (broad SMARTS) is 1. The van der Waals surface area contributed by atoms with E-state index < -0.39 is 12.0 Å². The average molecular weight is 847 g/mol. The standard InChI is InChI=1S/C37H50Br2N8O5/c1-2-26-22-45(17-18-46(26)23-33(48)49)27-8-12-43(13-9-27)35(50)32(21-24-19-29(38)34(40)30(39)20-24)42-36(51)44-14-10-28(11-15-44)47-16-7-25-5-3-4-6-31(25)41-37(47)52/h3-6,19-20,26-28,32H,2,7-18,21-23,40H2,1H3,(H,41,52)(H,42,51)(H,48,49)/t26?,32-/m1/s1. The van der Waals surface area contributed by atoms with Crippen LogP contribution in [0.1, 0.15) is 50.2 Å². The van der Waals surface area contributed by atoms with Crippen LogP contribution in [0.2, 0.25) is 0 Å². The van der Waals surface area contributed by atoms with E-state index in [1.54, 1.807) is 4.90 Å². The Bertz CT molecular complexity index is 1610. The van der Waals surface area contributed by atoms with Gasteiger partial charge >= 0.3 is 18.0 Å². The molecule has 4 aliphatic rings. The second-order valence-corrected chi connectivity index (χ2v) is 16.1. The van der Waals surface area contributed by atoms with Crippen LogP contribution in [-0.4, -0.2) is 137 Å². The number of nitrogen functional groups attached to an aromatic ring is 1. The van der Waals surface area contributed by atoms with Gasteiger partial charge in [0.15, 0.2) is 0 Å². The maximum Gasteiger partial charge on any atom is 0.322 e. The van der Waals surface area contributed by atoms with Crippen molar-refractivity contribution in [3.8, 4) is 0 Å². The van der Waals surface area contributed by atoms with Crippen LogP contribution in [-0.2, 0) is 22.4 Å². The summed E-state index contributed by atoms with van der Waals surface area (Å²) in [6.45, 7) is 7.30. The van der Waals surface area contributed by atoms with Crippen LogP contribution in [0.15, 0.2) is 45.3 Å². The minimum atomic E-state index is -0.794. The molecule has 2 aromatic rings. The number of nitrogens with two attached hydrogens (primary N) is 1. The Balaban J connectivity index is 1.07. The Morgan fingerprint density at radius 2 is 1.60 bits per heavy atom. The number of benzene rings is 2. The summed E-state index contributed by atoms with van der Waals surface area (Å²) >= 11 is 7.05. The van der Waals surface area contributed by atoms with Crippen LogP contribution < -0.4 is 16.4 Å². The molecule has 0 saturated carbocycles. The summed E-state index contributed by atoms with van der Waals surface area (Å²) in [5.74, 6) is -0.902. The van der Waals surface area contributed by atoms with E-state index in [1.165, 1.54) is 0 Å². The minimum absolute atomic E-state index is 0.0225. The number of amides is 5. The summed E-state index contributed by atoms with van der Waals surface area (Å²) in [4.78, 5) is 62.6. The predicted octanol–water partition coefficient (Wildman–Crippen LogP) is 4.44. The number of hydrogen-bond acceptors (Lipinski definition) is 7. The lowest BCUT2D eigenvalue weighted by atomic mass is 9.98. The smallest absolute Gasteiger partial charge is 0.322 e. The van der Waals surface area contributed by atoms with E-state index in [2.05, 4.69) is 59.2 Å². The fraction of sp³-hybridized carbons (Fsp3) is 0.568. The van der Waals surface area contributed by atoms with Crippen molar-refractivity contribution in [1.82, 2.24) is 29.8 Å². The van der Waals surface area contributed by atoms with Crippen molar-refractivity contribution in [3.05, 3.63) is 56.5 Å². The number of carbonyl (C=O) groups is 4. The van der Waals surface area contributed by atoms with Crippen molar-refractivity contribution in [2.24, 2.45) is 0 Å². The summed E-state index contributed by atoms with van der Waals surface area (Å²) in [5.41, 5.74) is 9.56. The molecule has 15 heteroatoms. The molecular formula is C37H50Br2N8O5. The maximum absolute atomic E-state index is 14.2. The Morgan fingerprint density at radius 1 is 0.942 bits per heavy atom. The summed E-state index contributed by atoms with van der Waals surface area (Å²) in [6, 6.07) is 11.1.